The van der Waals surface area contributed by atoms with Crippen molar-refractivity contribution in [3.63, 3.8) is 0 Å². The van der Waals surface area contributed by atoms with Gasteiger partial charge >= 0.3 is 262 Å². The average Bonchev–Trinajstić information content (AvgIpc) is 2.99. The van der Waals surface area contributed by atoms with Crippen LogP contribution >= 0.6 is 0 Å². The van der Waals surface area contributed by atoms with E-state index in [2.05, 4.69) is 24.3 Å². The summed E-state index contributed by atoms with van der Waals surface area (Å²) >= 11 is 0.478. The van der Waals surface area contributed by atoms with E-state index in [0.29, 0.717) is 17.7 Å². The Morgan fingerprint density at radius 3 is 1.60 bits per heavy atom. The van der Waals surface area contributed by atoms with Crippen molar-refractivity contribution in [1.82, 2.24) is 0 Å². The summed E-state index contributed by atoms with van der Waals surface area (Å²) in [6, 6.07) is 27.6. The number of hydrogen-bond acceptors (Lipinski definition) is 6. The molecule has 0 bridgehead atoms. The predicted molar refractivity (Wildman–Crippen MR) is 169 cm³/mol. The van der Waals surface area contributed by atoms with Crippen LogP contribution in [-0.4, -0.2) is 67.8 Å². The topological polar surface area (TPSA) is 82.1 Å². The van der Waals surface area contributed by atoms with Gasteiger partial charge in [0.2, 0.25) is 0 Å². The quantitative estimate of drug-likeness (QED) is 0.191. The number of ether oxygens (including phenoxy) is 3. The van der Waals surface area contributed by atoms with Crippen molar-refractivity contribution >= 4 is 50.8 Å². The van der Waals surface area contributed by atoms with Gasteiger partial charge in [0.15, 0.2) is 0 Å². The van der Waals surface area contributed by atoms with Crippen LogP contribution in [0.5, 0.6) is 11.5 Å². The molecule has 220 valence electrons. The molecule has 0 aliphatic carbocycles. The Morgan fingerprint density at radius 1 is 0.690 bits per heavy atom. The van der Waals surface area contributed by atoms with Gasteiger partial charge in [0.05, 0.1) is 0 Å². The third-order valence-electron chi connectivity index (χ3n) is 6.16. The maximum absolute atomic E-state index is 12.1. The number of phenols is 1. The first-order chi connectivity index (χ1) is 20.3. The van der Waals surface area contributed by atoms with E-state index in [-0.39, 0.29) is 47.6 Å². The molecular weight excluding hydrogens is 662 g/mol. The van der Waals surface area contributed by atoms with Crippen molar-refractivity contribution in [2.75, 3.05) is 20.8 Å². The molecule has 0 spiro atoms. The minimum absolute atomic E-state index is 0.189. The summed E-state index contributed by atoms with van der Waals surface area (Å²) in [6.07, 6.45) is 0. The fourth-order valence-electron chi connectivity index (χ4n) is 4.29. The summed E-state index contributed by atoms with van der Waals surface area (Å²) in [6.45, 7) is 6.30. The summed E-state index contributed by atoms with van der Waals surface area (Å²) in [5, 5.41) is 11.3. The summed E-state index contributed by atoms with van der Waals surface area (Å²) in [4.78, 5) is 24.0. The number of methoxy groups -OCH3 is 2. The van der Waals surface area contributed by atoms with Crippen molar-refractivity contribution in [2.45, 2.75) is 31.4 Å². The van der Waals surface area contributed by atoms with Gasteiger partial charge in [0.1, 0.15) is 0 Å². The van der Waals surface area contributed by atoms with Crippen molar-refractivity contribution < 1.29 is 28.9 Å². The standard InChI is InChI=1S/C18H20O3Se.C16H16O3Se/c1-4-21-15-10-13(2)17(18(19)20-3)14(11-15)12-22-16-8-6-5-7-9-16;1-11-8-13(17)9-12(15(11)16(18)19-2)10-20-14-6-4-3-5-7-14/h5-11H,4,12H2,1-3H3;3-9,17H,10H2,1-2H3. The third kappa shape index (κ3) is 9.50. The van der Waals surface area contributed by atoms with E-state index in [9.17, 15) is 14.7 Å². The SMILES string of the molecule is CCOc1cc(C)c(C(=O)OC)c(C[Se]c2ccccc2)c1.COC(=O)c1c(C)cc(O)cc1C[Se]c1ccccc1. The normalized spacial score (nSPS) is 10.3. The number of aryl methyl sites for hydroxylation is 2. The van der Waals surface area contributed by atoms with E-state index in [4.69, 9.17) is 14.2 Å². The number of hydrogen-bond donors (Lipinski definition) is 1. The minimum atomic E-state index is -0.346. The van der Waals surface area contributed by atoms with Crippen LogP contribution in [0.15, 0.2) is 84.9 Å². The van der Waals surface area contributed by atoms with Gasteiger partial charge in [-0.3, -0.25) is 0 Å². The van der Waals surface area contributed by atoms with Gasteiger partial charge in [-0.2, -0.15) is 0 Å². The van der Waals surface area contributed by atoms with Crippen LogP contribution in [-0.2, 0) is 20.1 Å². The zero-order valence-electron chi connectivity index (χ0n) is 24.5. The first-order valence-electron chi connectivity index (χ1n) is 13.4. The summed E-state index contributed by atoms with van der Waals surface area (Å²) in [5.74, 6) is 0.376. The Balaban J connectivity index is 0.000000231. The molecule has 4 aromatic carbocycles. The third-order valence-corrected chi connectivity index (χ3v) is 10.6. The summed E-state index contributed by atoms with van der Waals surface area (Å²) < 4.78 is 17.9. The number of phenolic OH excluding ortho intramolecular Hbond substituents is 1. The van der Waals surface area contributed by atoms with Gasteiger partial charge in [-0.25, -0.2) is 0 Å². The molecule has 6 nitrogen and oxygen atoms in total. The van der Waals surface area contributed by atoms with Gasteiger partial charge in [-0.1, -0.05) is 0 Å². The predicted octanol–water partition coefficient (Wildman–Crippen LogP) is 4.73. The first-order valence-corrected chi connectivity index (χ1v) is 17.5. The summed E-state index contributed by atoms with van der Waals surface area (Å²) in [7, 11) is 2.80. The van der Waals surface area contributed by atoms with Crippen LogP contribution in [0.1, 0.15) is 49.9 Å². The second-order valence-corrected chi connectivity index (χ2v) is 13.6. The number of carbonyl (C=O) groups is 2. The number of carbonyl (C=O) groups excluding carboxylic acids is 2. The first kappa shape index (κ1) is 33.0. The second kappa shape index (κ2) is 16.8. The summed E-state index contributed by atoms with van der Waals surface area (Å²) in [5.41, 5.74) is 4.73. The fourth-order valence-corrected chi connectivity index (χ4v) is 8.06. The van der Waals surface area contributed by atoms with E-state index < -0.39 is 0 Å². The molecule has 0 aliphatic rings. The van der Waals surface area contributed by atoms with Gasteiger partial charge in [0, 0.05) is 0 Å². The van der Waals surface area contributed by atoms with Crippen LogP contribution in [0.2, 0.25) is 0 Å². The van der Waals surface area contributed by atoms with Crippen LogP contribution < -0.4 is 13.7 Å². The van der Waals surface area contributed by atoms with E-state index in [0.717, 1.165) is 38.6 Å². The van der Waals surface area contributed by atoms with Gasteiger partial charge in [-0.15, -0.1) is 0 Å². The Labute approximate surface area is 260 Å². The molecule has 0 saturated carbocycles. The monoisotopic (exact) mass is 700 g/mol. The van der Waals surface area contributed by atoms with Gasteiger partial charge in [-0.05, 0) is 0 Å². The zero-order valence-corrected chi connectivity index (χ0v) is 27.9. The number of aromatic hydroxyl groups is 1. The van der Waals surface area contributed by atoms with Crippen molar-refractivity contribution in [1.29, 1.82) is 0 Å². The van der Waals surface area contributed by atoms with Crippen LogP contribution in [0.3, 0.4) is 0 Å². The molecule has 0 radical (unpaired) electrons. The molecule has 0 atom stereocenters. The molecule has 0 fully saturated rings. The molecule has 4 rings (SSSR count). The molecule has 0 aliphatic heterocycles. The van der Waals surface area contributed by atoms with Crippen LogP contribution in [0.25, 0.3) is 0 Å². The molecule has 0 saturated heterocycles. The van der Waals surface area contributed by atoms with Gasteiger partial charge in [0.25, 0.3) is 0 Å². The van der Waals surface area contributed by atoms with Crippen molar-refractivity contribution in [3.8, 4) is 11.5 Å². The number of rotatable bonds is 10. The van der Waals surface area contributed by atoms with Crippen LogP contribution in [0, 0.1) is 13.8 Å². The maximum atomic E-state index is 12.1. The molecule has 8 heteroatoms. The number of benzene rings is 4. The van der Waals surface area contributed by atoms with E-state index >= 15 is 0 Å². The van der Waals surface area contributed by atoms with Gasteiger partial charge < -0.3 is 0 Å². The fraction of sp³-hybridized carbons (Fsp3) is 0.235. The molecule has 0 aromatic heterocycles. The molecule has 0 amide bonds. The van der Waals surface area contributed by atoms with Crippen molar-refractivity contribution in [3.05, 3.63) is 118 Å². The zero-order chi connectivity index (χ0) is 30.5. The molecular formula is C34H36O6Se2. The number of esters is 2. The molecule has 0 unspecified atom stereocenters. The van der Waals surface area contributed by atoms with E-state index in [1.165, 1.54) is 23.1 Å². The molecule has 0 heterocycles. The average molecular weight is 699 g/mol. The Bertz CT molecular complexity index is 1470. The van der Waals surface area contributed by atoms with Crippen molar-refractivity contribution in [2.24, 2.45) is 0 Å². The Hall–Kier alpha value is -3.54. The molecule has 4 aromatic rings. The Morgan fingerprint density at radius 2 is 1.14 bits per heavy atom. The van der Waals surface area contributed by atoms with E-state index in [1.807, 2.05) is 69.3 Å². The molecule has 42 heavy (non-hydrogen) atoms. The van der Waals surface area contributed by atoms with E-state index in [1.54, 1.807) is 12.1 Å². The van der Waals surface area contributed by atoms with Crippen LogP contribution in [0.4, 0.5) is 0 Å². The Kier molecular flexibility index (Phi) is 13.2. The molecule has 1 N–H and O–H groups in total. The second-order valence-electron chi connectivity index (χ2n) is 9.19.